The number of Topliss-reactive ketones (excluding diaryl/α,β-unsaturated/α-hetero) is 1. The van der Waals surface area contributed by atoms with Gasteiger partial charge >= 0.3 is 0 Å². The molecule has 0 unspecified atom stereocenters. The Labute approximate surface area is 118 Å². The molecule has 106 valence electrons. The third kappa shape index (κ3) is 2.90. The van der Waals surface area contributed by atoms with Gasteiger partial charge in [-0.2, -0.15) is 0 Å². The summed E-state index contributed by atoms with van der Waals surface area (Å²) in [6.07, 6.45) is 3.29. The molecule has 4 heteroatoms. The molecule has 0 saturated heterocycles. The van der Waals surface area contributed by atoms with E-state index in [4.69, 9.17) is 9.15 Å². The SMILES string of the molecule is CCOC1CC(CC(=O)Cc2nc3ccccc3o2)C1. The minimum atomic E-state index is 0.205. The molecule has 0 spiro atoms. The fourth-order valence-corrected chi connectivity index (χ4v) is 2.77. The van der Waals surface area contributed by atoms with E-state index in [0.717, 1.165) is 30.5 Å². The van der Waals surface area contributed by atoms with Crippen LogP contribution in [0.1, 0.15) is 32.1 Å². The Morgan fingerprint density at radius 1 is 1.40 bits per heavy atom. The summed E-state index contributed by atoms with van der Waals surface area (Å²) in [4.78, 5) is 16.4. The molecule has 1 aliphatic carbocycles. The van der Waals surface area contributed by atoms with E-state index < -0.39 is 0 Å². The lowest BCUT2D eigenvalue weighted by atomic mass is 9.78. The first-order valence-electron chi connectivity index (χ1n) is 7.22. The second kappa shape index (κ2) is 5.75. The average Bonchev–Trinajstić information content (AvgIpc) is 2.78. The van der Waals surface area contributed by atoms with Crippen LogP contribution in [0.2, 0.25) is 0 Å². The lowest BCUT2D eigenvalue weighted by Gasteiger charge is -2.34. The first-order chi connectivity index (χ1) is 9.74. The zero-order valence-corrected chi connectivity index (χ0v) is 11.7. The first-order valence-corrected chi connectivity index (χ1v) is 7.22. The number of oxazole rings is 1. The van der Waals surface area contributed by atoms with Gasteiger partial charge in [0.1, 0.15) is 11.3 Å². The van der Waals surface area contributed by atoms with Crippen LogP contribution in [-0.2, 0) is 16.0 Å². The molecule has 3 rings (SSSR count). The Balaban J connectivity index is 1.52. The van der Waals surface area contributed by atoms with Gasteiger partial charge in [-0.3, -0.25) is 4.79 Å². The number of hydrogen-bond donors (Lipinski definition) is 0. The van der Waals surface area contributed by atoms with Crippen LogP contribution in [-0.4, -0.2) is 23.5 Å². The smallest absolute Gasteiger partial charge is 0.202 e. The van der Waals surface area contributed by atoms with Crippen LogP contribution < -0.4 is 0 Å². The van der Waals surface area contributed by atoms with Gasteiger partial charge in [0.05, 0.1) is 12.5 Å². The van der Waals surface area contributed by atoms with Crippen LogP contribution in [0.15, 0.2) is 28.7 Å². The summed E-state index contributed by atoms with van der Waals surface area (Å²) in [5, 5.41) is 0. The molecule has 1 fully saturated rings. The van der Waals surface area contributed by atoms with E-state index in [-0.39, 0.29) is 5.78 Å². The summed E-state index contributed by atoms with van der Waals surface area (Å²) in [5.41, 5.74) is 1.56. The van der Waals surface area contributed by atoms with Crippen molar-refractivity contribution >= 4 is 16.9 Å². The maximum atomic E-state index is 12.0. The summed E-state index contributed by atoms with van der Waals surface area (Å²) in [5.74, 6) is 1.21. The molecule has 1 aromatic heterocycles. The predicted molar refractivity (Wildman–Crippen MR) is 75.5 cm³/mol. The summed E-state index contributed by atoms with van der Waals surface area (Å²) in [6.45, 7) is 2.76. The molecule has 1 aromatic carbocycles. The third-order valence-electron chi connectivity index (χ3n) is 3.80. The summed E-state index contributed by atoms with van der Waals surface area (Å²) < 4.78 is 11.1. The molecule has 0 aliphatic heterocycles. The maximum Gasteiger partial charge on any atom is 0.202 e. The molecule has 1 saturated carbocycles. The van der Waals surface area contributed by atoms with E-state index in [1.54, 1.807) is 0 Å². The number of aromatic nitrogens is 1. The number of nitrogens with zero attached hydrogens (tertiary/aromatic N) is 1. The van der Waals surface area contributed by atoms with E-state index in [2.05, 4.69) is 4.98 Å². The predicted octanol–water partition coefficient (Wildman–Crippen LogP) is 3.14. The largest absolute Gasteiger partial charge is 0.440 e. The van der Waals surface area contributed by atoms with Crippen molar-refractivity contribution in [1.82, 2.24) is 4.98 Å². The van der Waals surface area contributed by atoms with Gasteiger partial charge in [-0.05, 0) is 37.8 Å². The van der Waals surface area contributed by atoms with Gasteiger partial charge in [0.25, 0.3) is 0 Å². The Hall–Kier alpha value is -1.68. The van der Waals surface area contributed by atoms with Crippen molar-refractivity contribution in [1.29, 1.82) is 0 Å². The molecule has 1 aliphatic rings. The molecule has 4 nitrogen and oxygen atoms in total. The van der Waals surface area contributed by atoms with Gasteiger partial charge in [-0.1, -0.05) is 12.1 Å². The normalized spacial score (nSPS) is 21.9. The Bertz CT molecular complexity index is 566. The number of ether oxygens (including phenoxy) is 1. The highest BCUT2D eigenvalue weighted by Gasteiger charge is 2.31. The van der Waals surface area contributed by atoms with Crippen LogP contribution in [0.4, 0.5) is 0 Å². The lowest BCUT2D eigenvalue weighted by Crippen LogP contribution is -2.33. The number of carbonyl (C=O) groups is 1. The van der Waals surface area contributed by atoms with Gasteiger partial charge < -0.3 is 9.15 Å². The Morgan fingerprint density at radius 3 is 2.95 bits per heavy atom. The third-order valence-corrected chi connectivity index (χ3v) is 3.80. The molecule has 0 N–H and O–H groups in total. The number of ketones is 1. The van der Waals surface area contributed by atoms with Crippen molar-refractivity contribution in [3.8, 4) is 0 Å². The fraction of sp³-hybridized carbons (Fsp3) is 0.500. The maximum absolute atomic E-state index is 12.0. The van der Waals surface area contributed by atoms with Crippen molar-refractivity contribution < 1.29 is 13.9 Å². The van der Waals surface area contributed by atoms with E-state index in [1.807, 2.05) is 31.2 Å². The molecular formula is C16H19NO3. The van der Waals surface area contributed by atoms with Crippen LogP contribution >= 0.6 is 0 Å². The van der Waals surface area contributed by atoms with Crippen molar-refractivity contribution in [3.63, 3.8) is 0 Å². The number of rotatable bonds is 6. The van der Waals surface area contributed by atoms with E-state index in [0.29, 0.717) is 30.8 Å². The molecular weight excluding hydrogens is 254 g/mol. The number of hydrogen-bond acceptors (Lipinski definition) is 4. The van der Waals surface area contributed by atoms with E-state index in [1.165, 1.54) is 0 Å². The van der Waals surface area contributed by atoms with E-state index in [9.17, 15) is 4.79 Å². The first kappa shape index (κ1) is 13.3. The average molecular weight is 273 g/mol. The molecule has 0 atom stereocenters. The minimum Gasteiger partial charge on any atom is -0.440 e. The van der Waals surface area contributed by atoms with E-state index >= 15 is 0 Å². The highest BCUT2D eigenvalue weighted by molar-refractivity contribution is 5.81. The van der Waals surface area contributed by atoms with Gasteiger partial charge in [0, 0.05) is 13.0 Å². The molecule has 1 heterocycles. The highest BCUT2D eigenvalue weighted by atomic mass is 16.5. The Morgan fingerprint density at radius 2 is 2.20 bits per heavy atom. The monoisotopic (exact) mass is 273 g/mol. The van der Waals surface area contributed by atoms with Gasteiger partial charge in [0.2, 0.25) is 5.89 Å². The Kier molecular flexibility index (Phi) is 3.83. The molecule has 0 bridgehead atoms. The summed E-state index contributed by atoms with van der Waals surface area (Å²) in [7, 11) is 0. The number of para-hydroxylation sites is 2. The topological polar surface area (TPSA) is 52.3 Å². The second-order valence-electron chi connectivity index (χ2n) is 5.41. The van der Waals surface area contributed by atoms with Crippen LogP contribution in [0.25, 0.3) is 11.1 Å². The zero-order valence-electron chi connectivity index (χ0n) is 11.7. The highest BCUT2D eigenvalue weighted by Crippen LogP contribution is 2.33. The van der Waals surface area contributed by atoms with Crippen LogP contribution in [0.3, 0.4) is 0 Å². The van der Waals surface area contributed by atoms with Crippen molar-refractivity contribution in [2.75, 3.05) is 6.61 Å². The standard InChI is InChI=1S/C16H19NO3/c1-2-19-13-8-11(9-13)7-12(18)10-16-17-14-5-3-4-6-15(14)20-16/h3-6,11,13H,2,7-10H2,1H3. The van der Waals surface area contributed by atoms with Crippen LogP contribution in [0, 0.1) is 5.92 Å². The summed E-state index contributed by atoms with van der Waals surface area (Å²) in [6, 6.07) is 7.58. The van der Waals surface area contributed by atoms with Gasteiger partial charge in [-0.25, -0.2) is 4.98 Å². The number of fused-ring (bicyclic) bond motifs is 1. The lowest BCUT2D eigenvalue weighted by molar-refractivity contribution is -0.121. The van der Waals surface area contributed by atoms with Crippen molar-refractivity contribution in [2.45, 2.75) is 38.7 Å². The van der Waals surface area contributed by atoms with Crippen molar-refractivity contribution in [2.24, 2.45) is 5.92 Å². The second-order valence-corrected chi connectivity index (χ2v) is 5.41. The fourth-order valence-electron chi connectivity index (χ4n) is 2.77. The van der Waals surface area contributed by atoms with Crippen LogP contribution in [0.5, 0.6) is 0 Å². The minimum absolute atomic E-state index is 0.205. The molecule has 0 radical (unpaired) electrons. The van der Waals surface area contributed by atoms with Gasteiger partial charge in [-0.15, -0.1) is 0 Å². The molecule has 2 aromatic rings. The van der Waals surface area contributed by atoms with Gasteiger partial charge in [0.15, 0.2) is 5.58 Å². The van der Waals surface area contributed by atoms with Crippen molar-refractivity contribution in [3.05, 3.63) is 30.2 Å². The molecule has 20 heavy (non-hydrogen) atoms. The zero-order chi connectivity index (χ0) is 13.9. The molecule has 0 amide bonds. The summed E-state index contributed by atoms with van der Waals surface area (Å²) >= 11 is 0. The number of carbonyl (C=O) groups excluding carboxylic acids is 1. The number of benzene rings is 1. The quantitative estimate of drug-likeness (QED) is 0.811.